The molecule has 1 atom stereocenters. The van der Waals surface area contributed by atoms with E-state index in [-0.39, 0.29) is 11.7 Å². The maximum Gasteiger partial charge on any atom is 0.124 e. The third-order valence-electron chi connectivity index (χ3n) is 3.58. The Labute approximate surface area is 101 Å². The number of rotatable bonds is 3. The van der Waals surface area contributed by atoms with Crippen molar-refractivity contribution in [2.24, 2.45) is 11.7 Å². The lowest BCUT2D eigenvalue weighted by atomic mass is 9.85. The van der Waals surface area contributed by atoms with Crippen LogP contribution in [-0.4, -0.2) is 6.54 Å². The fourth-order valence-corrected chi connectivity index (χ4v) is 3.04. The highest BCUT2D eigenvalue weighted by molar-refractivity contribution is 6.31. The van der Waals surface area contributed by atoms with Crippen LogP contribution in [0.3, 0.4) is 0 Å². The lowest BCUT2D eigenvalue weighted by Crippen LogP contribution is -2.20. The first-order chi connectivity index (χ1) is 7.72. The van der Waals surface area contributed by atoms with Crippen molar-refractivity contribution in [3.63, 3.8) is 0 Å². The van der Waals surface area contributed by atoms with E-state index in [9.17, 15) is 4.39 Å². The molecule has 1 fully saturated rings. The highest BCUT2D eigenvalue weighted by Gasteiger charge is 2.26. The highest BCUT2D eigenvalue weighted by atomic mass is 35.5. The Hall–Kier alpha value is -0.600. The van der Waals surface area contributed by atoms with Crippen LogP contribution >= 0.6 is 11.6 Å². The van der Waals surface area contributed by atoms with Gasteiger partial charge in [0.25, 0.3) is 0 Å². The summed E-state index contributed by atoms with van der Waals surface area (Å²) in [6.45, 7) is 0.593. The van der Waals surface area contributed by atoms with Gasteiger partial charge in [0.1, 0.15) is 5.82 Å². The van der Waals surface area contributed by atoms with Crippen LogP contribution in [-0.2, 0) is 0 Å². The zero-order valence-electron chi connectivity index (χ0n) is 9.26. The predicted molar refractivity (Wildman–Crippen MR) is 65.2 cm³/mol. The first-order valence-electron chi connectivity index (χ1n) is 5.87. The molecule has 1 aromatic carbocycles. The molecule has 1 nitrogen and oxygen atoms in total. The van der Waals surface area contributed by atoms with Crippen LogP contribution in [0.25, 0.3) is 0 Å². The molecule has 0 heterocycles. The topological polar surface area (TPSA) is 26.0 Å². The standard InChI is InChI=1S/C13H17ClFN/c14-13-7-10(15)5-6-11(13)12(8-16)9-3-1-2-4-9/h5-7,9,12H,1-4,8,16H2. The first kappa shape index (κ1) is 11.9. The maximum atomic E-state index is 13.0. The fraction of sp³-hybridized carbons (Fsp3) is 0.538. The van der Waals surface area contributed by atoms with E-state index in [1.807, 2.05) is 0 Å². The van der Waals surface area contributed by atoms with E-state index < -0.39 is 0 Å². The SMILES string of the molecule is NCC(c1ccc(F)cc1Cl)C1CCCC1. The average molecular weight is 242 g/mol. The molecular formula is C13H17ClFN. The monoisotopic (exact) mass is 241 g/mol. The Morgan fingerprint density at radius 1 is 1.38 bits per heavy atom. The molecule has 0 spiro atoms. The summed E-state index contributed by atoms with van der Waals surface area (Å²) in [4.78, 5) is 0. The smallest absolute Gasteiger partial charge is 0.124 e. The molecule has 88 valence electrons. The summed E-state index contributed by atoms with van der Waals surface area (Å²) in [5, 5.41) is 0.516. The van der Waals surface area contributed by atoms with E-state index >= 15 is 0 Å². The summed E-state index contributed by atoms with van der Waals surface area (Å²) in [6, 6.07) is 4.64. The molecule has 0 amide bonds. The number of hydrogen-bond acceptors (Lipinski definition) is 1. The van der Waals surface area contributed by atoms with Crippen molar-refractivity contribution in [1.82, 2.24) is 0 Å². The van der Waals surface area contributed by atoms with Gasteiger partial charge in [-0.2, -0.15) is 0 Å². The summed E-state index contributed by atoms with van der Waals surface area (Å²) in [6.07, 6.45) is 4.99. The molecule has 0 aromatic heterocycles. The fourth-order valence-electron chi connectivity index (χ4n) is 2.74. The average Bonchev–Trinajstić information content (AvgIpc) is 2.75. The summed E-state index contributed by atoms with van der Waals surface area (Å²) < 4.78 is 13.0. The minimum absolute atomic E-state index is 0.282. The Morgan fingerprint density at radius 3 is 2.62 bits per heavy atom. The van der Waals surface area contributed by atoms with Gasteiger partial charge in [-0.3, -0.25) is 0 Å². The van der Waals surface area contributed by atoms with Crippen molar-refractivity contribution in [2.75, 3.05) is 6.54 Å². The van der Waals surface area contributed by atoms with Crippen molar-refractivity contribution in [3.8, 4) is 0 Å². The molecule has 1 unspecified atom stereocenters. The molecule has 0 aliphatic heterocycles. The summed E-state index contributed by atoms with van der Waals surface area (Å²) in [5.41, 5.74) is 6.85. The van der Waals surface area contributed by atoms with Gasteiger partial charge in [-0.1, -0.05) is 30.5 Å². The van der Waals surface area contributed by atoms with E-state index in [0.717, 1.165) is 5.56 Å². The molecule has 1 aromatic rings. The minimum Gasteiger partial charge on any atom is -0.330 e. The normalized spacial score (nSPS) is 18.9. The van der Waals surface area contributed by atoms with Gasteiger partial charge in [0.05, 0.1) is 0 Å². The van der Waals surface area contributed by atoms with Gasteiger partial charge in [0, 0.05) is 10.9 Å². The van der Waals surface area contributed by atoms with Gasteiger partial charge in [-0.05, 0) is 43.0 Å². The van der Waals surface area contributed by atoms with Crippen molar-refractivity contribution in [3.05, 3.63) is 34.6 Å². The molecule has 1 aliphatic rings. The summed E-state index contributed by atoms with van der Waals surface area (Å²) in [7, 11) is 0. The van der Waals surface area contributed by atoms with Gasteiger partial charge in [0.15, 0.2) is 0 Å². The van der Waals surface area contributed by atoms with Crippen LogP contribution in [0.5, 0.6) is 0 Å². The van der Waals surface area contributed by atoms with E-state index in [4.69, 9.17) is 17.3 Å². The predicted octanol–water partition coefficient (Wildman–Crippen LogP) is 3.71. The van der Waals surface area contributed by atoms with Gasteiger partial charge >= 0.3 is 0 Å². The minimum atomic E-state index is -0.282. The van der Waals surface area contributed by atoms with Crippen LogP contribution in [0.1, 0.15) is 37.2 Å². The largest absolute Gasteiger partial charge is 0.330 e. The first-order valence-corrected chi connectivity index (χ1v) is 6.25. The van der Waals surface area contributed by atoms with Gasteiger partial charge in [-0.25, -0.2) is 4.39 Å². The number of nitrogens with two attached hydrogens (primary N) is 1. The highest BCUT2D eigenvalue weighted by Crippen LogP contribution is 2.39. The Morgan fingerprint density at radius 2 is 2.06 bits per heavy atom. The van der Waals surface area contributed by atoms with E-state index in [1.165, 1.54) is 37.8 Å². The lowest BCUT2D eigenvalue weighted by molar-refractivity contribution is 0.440. The zero-order chi connectivity index (χ0) is 11.5. The van der Waals surface area contributed by atoms with Crippen molar-refractivity contribution in [2.45, 2.75) is 31.6 Å². The van der Waals surface area contributed by atoms with Crippen LogP contribution in [0.15, 0.2) is 18.2 Å². The van der Waals surface area contributed by atoms with Crippen LogP contribution in [0.4, 0.5) is 4.39 Å². The molecule has 0 saturated heterocycles. The second-order valence-electron chi connectivity index (χ2n) is 4.55. The maximum absolute atomic E-state index is 13.0. The zero-order valence-corrected chi connectivity index (χ0v) is 10.0. The molecule has 1 saturated carbocycles. The third kappa shape index (κ3) is 2.38. The number of hydrogen-bond donors (Lipinski definition) is 1. The Bertz CT molecular complexity index is 361. The van der Waals surface area contributed by atoms with Crippen LogP contribution in [0, 0.1) is 11.7 Å². The van der Waals surface area contributed by atoms with Crippen LogP contribution in [0.2, 0.25) is 5.02 Å². The summed E-state index contributed by atoms with van der Waals surface area (Å²) in [5.74, 6) is 0.625. The third-order valence-corrected chi connectivity index (χ3v) is 3.91. The van der Waals surface area contributed by atoms with E-state index in [2.05, 4.69) is 0 Å². The molecule has 3 heteroatoms. The van der Waals surface area contributed by atoms with Crippen molar-refractivity contribution < 1.29 is 4.39 Å². The molecule has 16 heavy (non-hydrogen) atoms. The van der Waals surface area contributed by atoms with Gasteiger partial charge in [0.2, 0.25) is 0 Å². The van der Waals surface area contributed by atoms with Crippen molar-refractivity contribution >= 4 is 11.6 Å². The Kier molecular flexibility index (Phi) is 3.82. The van der Waals surface area contributed by atoms with Crippen LogP contribution < -0.4 is 5.73 Å². The molecule has 2 rings (SSSR count). The van der Waals surface area contributed by atoms with E-state index in [0.29, 0.717) is 17.5 Å². The number of benzene rings is 1. The lowest BCUT2D eigenvalue weighted by Gasteiger charge is -2.23. The van der Waals surface area contributed by atoms with Gasteiger partial charge in [-0.15, -0.1) is 0 Å². The second-order valence-corrected chi connectivity index (χ2v) is 4.96. The molecule has 0 radical (unpaired) electrons. The quantitative estimate of drug-likeness (QED) is 0.858. The van der Waals surface area contributed by atoms with E-state index in [1.54, 1.807) is 6.07 Å². The van der Waals surface area contributed by atoms with Crippen molar-refractivity contribution in [1.29, 1.82) is 0 Å². The Balaban J connectivity index is 2.25. The van der Waals surface area contributed by atoms with Gasteiger partial charge < -0.3 is 5.73 Å². The second kappa shape index (κ2) is 5.15. The summed E-state index contributed by atoms with van der Waals surface area (Å²) >= 11 is 6.09. The molecule has 1 aliphatic carbocycles. The molecular weight excluding hydrogens is 225 g/mol. The number of halogens is 2. The molecule has 0 bridgehead atoms. The molecule has 2 N–H and O–H groups in total.